The van der Waals surface area contributed by atoms with Crippen LogP contribution in [0.3, 0.4) is 0 Å². The molecule has 0 saturated heterocycles. The molecule has 0 aliphatic rings. The lowest BCUT2D eigenvalue weighted by Crippen LogP contribution is -2.60. The summed E-state index contributed by atoms with van der Waals surface area (Å²) in [5.74, 6) is -8.58. The SMILES string of the molecule is CC(C)C[C@H](NC(=O)[C@H](COP(=O)(O)O)NC(=O)[C@@H](N)CCC(=O)O)C(=O)N[C@@H](COP(C)(=O)O)C(=O)N[C@@H](COP(=O)(O)O)C(=O)O. The minimum atomic E-state index is -5.23. The van der Waals surface area contributed by atoms with Crippen molar-refractivity contribution in [2.45, 2.75) is 63.3 Å². The Bertz CT molecular complexity index is 1300. The Hall–Kier alpha value is -2.85. The largest absolute Gasteiger partial charge is 0.481 e. The lowest BCUT2D eigenvalue weighted by atomic mass is 10.0. The Kier molecular flexibility index (Phi) is 18.8. The van der Waals surface area contributed by atoms with E-state index in [0.717, 1.165) is 0 Å². The molecule has 0 aromatic rings. The van der Waals surface area contributed by atoms with E-state index in [4.69, 9.17) is 30.4 Å². The fraction of sp³-hybridized carbons (Fsp3) is 0.714. The summed E-state index contributed by atoms with van der Waals surface area (Å²) in [6.07, 6.45) is -1.16. The fourth-order valence-corrected chi connectivity index (χ4v) is 4.42. The zero-order chi connectivity index (χ0) is 37.6. The van der Waals surface area contributed by atoms with Crippen LogP contribution in [-0.2, 0) is 56.0 Å². The van der Waals surface area contributed by atoms with Crippen LogP contribution in [0.4, 0.5) is 0 Å². The molecular formula is C21H40N5O19P3. The molecule has 0 saturated carbocycles. The van der Waals surface area contributed by atoms with Crippen LogP contribution >= 0.6 is 23.2 Å². The number of amides is 4. The van der Waals surface area contributed by atoms with Crippen LogP contribution in [0.25, 0.3) is 0 Å². The molecule has 13 N–H and O–H groups in total. The Labute approximate surface area is 272 Å². The number of rotatable bonds is 23. The van der Waals surface area contributed by atoms with Crippen LogP contribution in [0, 0.1) is 5.92 Å². The third-order valence-electron chi connectivity index (χ3n) is 5.53. The van der Waals surface area contributed by atoms with Crippen LogP contribution in [0.2, 0.25) is 0 Å². The standard InChI is InChI=1S/C21H40N5O19P3/c1-10(2)6-12(23-19(31)14(8-44-47(37,38)39)24-17(29)11(22)4-5-16(27)28)18(30)25-13(7-43-46(3,35)36)20(32)26-15(21(33)34)9-45-48(40,41)42/h10-15H,4-9,22H2,1-3H3,(H,23,31)(H,24,29)(H,25,30)(H,26,32)(H,27,28)(H,33,34)(H,35,36)(H2,37,38,39)(H2,40,41,42)/t11-,12-,13-,14-,15-/m0/s1. The van der Waals surface area contributed by atoms with Gasteiger partial charge < -0.3 is 66.2 Å². The highest BCUT2D eigenvalue weighted by Gasteiger charge is 2.34. The molecule has 0 bridgehead atoms. The van der Waals surface area contributed by atoms with E-state index in [2.05, 4.69) is 24.2 Å². The maximum Gasteiger partial charge on any atom is 0.469 e. The molecule has 1 unspecified atom stereocenters. The van der Waals surface area contributed by atoms with Crippen LogP contribution < -0.4 is 27.0 Å². The van der Waals surface area contributed by atoms with Gasteiger partial charge in [-0.2, -0.15) is 0 Å². The minimum absolute atomic E-state index is 0.217. The Morgan fingerprint density at radius 1 is 0.646 bits per heavy atom. The minimum Gasteiger partial charge on any atom is -0.481 e. The van der Waals surface area contributed by atoms with Crippen molar-refractivity contribution < 1.29 is 90.7 Å². The second-order valence-electron chi connectivity index (χ2n) is 10.4. The summed E-state index contributed by atoms with van der Waals surface area (Å²) < 4.78 is 47.0. The van der Waals surface area contributed by atoms with Crippen LogP contribution in [0.15, 0.2) is 0 Å². The Balaban J connectivity index is 6.19. The van der Waals surface area contributed by atoms with Crippen molar-refractivity contribution in [1.82, 2.24) is 21.3 Å². The number of carboxylic acid groups (broad SMARTS) is 2. The van der Waals surface area contributed by atoms with E-state index in [0.29, 0.717) is 6.66 Å². The van der Waals surface area contributed by atoms with E-state index < -0.39 is 128 Å². The Morgan fingerprint density at radius 2 is 1.02 bits per heavy atom. The van der Waals surface area contributed by atoms with Gasteiger partial charge in [0, 0.05) is 13.1 Å². The van der Waals surface area contributed by atoms with Gasteiger partial charge in [0.2, 0.25) is 23.6 Å². The van der Waals surface area contributed by atoms with Gasteiger partial charge in [-0.3, -0.25) is 37.6 Å². The lowest BCUT2D eigenvalue weighted by Gasteiger charge is -2.27. The summed E-state index contributed by atoms with van der Waals surface area (Å²) >= 11 is 0. The zero-order valence-corrected chi connectivity index (χ0v) is 28.3. The van der Waals surface area contributed by atoms with Crippen molar-refractivity contribution in [3.8, 4) is 0 Å². The number of hydrogen-bond donors (Lipinski definition) is 12. The van der Waals surface area contributed by atoms with Gasteiger partial charge in [-0.05, 0) is 18.8 Å². The molecule has 0 spiro atoms. The summed E-state index contributed by atoms with van der Waals surface area (Å²) in [4.78, 5) is 119. The summed E-state index contributed by atoms with van der Waals surface area (Å²) in [5, 5.41) is 26.2. The second-order valence-corrected chi connectivity index (χ2v) is 14.8. The highest BCUT2D eigenvalue weighted by molar-refractivity contribution is 7.51. The normalized spacial score (nSPS) is 16.4. The van der Waals surface area contributed by atoms with E-state index in [1.165, 1.54) is 0 Å². The summed E-state index contributed by atoms with van der Waals surface area (Å²) in [7, 11) is -14.8. The first-order valence-corrected chi connectivity index (χ1v) is 18.6. The van der Waals surface area contributed by atoms with E-state index in [1.807, 2.05) is 5.32 Å². The molecule has 0 aliphatic carbocycles. The predicted octanol–water partition coefficient (Wildman–Crippen LogP) is -3.70. The van der Waals surface area contributed by atoms with Crippen molar-refractivity contribution in [2.24, 2.45) is 11.7 Å². The quantitative estimate of drug-likeness (QED) is 0.0446. The average Bonchev–Trinajstić information content (AvgIpc) is 2.91. The highest BCUT2D eigenvalue weighted by Crippen LogP contribution is 2.37. The van der Waals surface area contributed by atoms with Crippen molar-refractivity contribution in [3.63, 3.8) is 0 Å². The number of aliphatic carboxylic acids is 2. The second kappa shape index (κ2) is 20.0. The predicted molar refractivity (Wildman–Crippen MR) is 157 cm³/mol. The topological polar surface area (TPSA) is 397 Å². The van der Waals surface area contributed by atoms with Gasteiger partial charge in [0.25, 0.3) is 0 Å². The van der Waals surface area contributed by atoms with Crippen LogP contribution in [0.5, 0.6) is 0 Å². The first-order chi connectivity index (χ1) is 21.7. The molecule has 4 amide bonds. The molecule has 278 valence electrons. The highest BCUT2D eigenvalue weighted by atomic mass is 31.2. The molecule has 48 heavy (non-hydrogen) atoms. The number of carboxylic acids is 2. The van der Waals surface area contributed by atoms with Crippen LogP contribution in [-0.4, -0.2) is 127 Å². The zero-order valence-electron chi connectivity index (χ0n) is 25.7. The average molecular weight is 759 g/mol. The van der Waals surface area contributed by atoms with E-state index in [1.54, 1.807) is 19.2 Å². The van der Waals surface area contributed by atoms with Crippen molar-refractivity contribution in [3.05, 3.63) is 0 Å². The van der Waals surface area contributed by atoms with Gasteiger partial charge in [0.1, 0.15) is 18.1 Å². The summed E-state index contributed by atoms with van der Waals surface area (Å²) in [5.41, 5.74) is 5.61. The van der Waals surface area contributed by atoms with E-state index >= 15 is 0 Å². The number of nitrogens with one attached hydrogen (secondary N) is 4. The molecule has 0 aliphatic heterocycles. The number of carbonyl (C=O) groups is 6. The van der Waals surface area contributed by atoms with Crippen molar-refractivity contribution in [2.75, 3.05) is 26.5 Å². The molecule has 0 heterocycles. The molecule has 27 heteroatoms. The first kappa shape index (κ1) is 45.2. The third-order valence-corrected chi connectivity index (χ3v) is 7.13. The molecule has 0 aromatic heterocycles. The molecule has 0 aromatic carbocycles. The number of nitrogens with two attached hydrogens (primary N) is 1. The van der Waals surface area contributed by atoms with Gasteiger partial charge in [0.15, 0.2) is 6.04 Å². The molecule has 6 atom stereocenters. The van der Waals surface area contributed by atoms with Gasteiger partial charge in [0.05, 0.1) is 25.9 Å². The van der Waals surface area contributed by atoms with Gasteiger partial charge >= 0.3 is 35.2 Å². The molecule has 0 rings (SSSR count). The van der Waals surface area contributed by atoms with Gasteiger partial charge in [-0.15, -0.1) is 0 Å². The molecule has 0 fully saturated rings. The number of phosphoric ester groups is 2. The lowest BCUT2D eigenvalue weighted by molar-refractivity contribution is -0.143. The van der Waals surface area contributed by atoms with Gasteiger partial charge in [-0.25, -0.2) is 13.9 Å². The van der Waals surface area contributed by atoms with Crippen molar-refractivity contribution in [1.29, 1.82) is 0 Å². The molecular weight excluding hydrogens is 719 g/mol. The molecule has 0 radical (unpaired) electrons. The first-order valence-electron chi connectivity index (χ1n) is 13.5. The summed E-state index contributed by atoms with van der Waals surface area (Å²) in [6, 6.07) is -9.15. The number of phosphoric acid groups is 2. The van der Waals surface area contributed by atoms with Crippen molar-refractivity contribution >= 4 is 58.8 Å². The van der Waals surface area contributed by atoms with E-state index in [-0.39, 0.29) is 6.42 Å². The van der Waals surface area contributed by atoms with Gasteiger partial charge in [-0.1, -0.05) is 13.8 Å². The number of hydrogen-bond acceptors (Lipinski definition) is 13. The monoisotopic (exact) mass is 759 g/mol. The molecule has 24 nitrogen and oxygen atoms in total. The fourth-order valence-electron chi connectivity index (χ4n) is 3.31. The maximum atomic E-state index is 13.3. The van der Waals surface area contributed by atoms with E-state index in [9.17, 15) is 52.5 Å². The maximum absolute atomic E-state index is 13.3. The number of carbonyl (C=O) groups excluding carboxylic acids is 4. The smallest absolute Gasteiger partial charge is 0.469 e. The van der Waals surface area contributed by atoms with Crippen LogP contribution in [0.1, 0.15) is 33.1 Å². The summed E-state index contributed by atoms with van der Waals surface area (Å²) in [6.45, 7) is 0.372. The third kappa shape index (κ3) is 21.2. The Morgan fingerprint density at radius 3 is 1.42 bits per heavy atom.